The second-order valence-corrected chi connectivity index (χ2v) is 9.98. The first-order valence-electron chi connectivity index (χ1n) is 9.22. The molecule has 0 radical (unpaired) electrons. The summed E-state index contributed by atoms with van der Waals surface area (Å²) in [5.41, 5.74) is 2.42. The topological polar surface area (TPSA) is 89.8 Å². The average molecular weight is 442 g/mol. The van der Waals surface area contributed by atoms with Crippen molar-refractivity contribution in [2.24, 2.45) is 0 Å². The van der Waals surface area contributed by atoms with Crippen LogP contribution >= 0.6 is 11.6 Å². The summed E-state index contributed by atoms with van der Waals surface area (Å²) < 4.78 is 30.3. The van der Waals surface area contributed by atoms with Gasteiger partial charge in [-0.1, -0.05) is 44.5 Å². The van der Waals surface area contributed by atoms with E-state index in [0.29, 0.717) is 22.0 Å². The van der Waals surface area contributed by atoms with E-state index in [4.69, 9.17) is 11.6 Å². The number of nitrogens with zero attached hydrogens (tertiary/aromatic N) is 4. The molecule has 1 N–H and O–H groups in total. The average Bonchev–Trinajstić information content (AvgIpc) is 3.11. The van der Waals surface area contributed by atoms with Gasteiger partial charge >= 0.3 is 0 Å². The fourth-order valence-electron chi connectivity index (χ4n) is 3.04. The third-order valence-electron chi connectivity index (χ3n) is 4.64. The van der Waals surface area contributed by atoms with Gasteiger partial charge in [0.15, 0.2) is 11.5 Å². The minimum atomic E-state index is -3.86. The molecule has 0 unspecified atom stereocenters. The van der Waals surface area contributed by atoms with Crippen LogP contribution in [0.2, 0.25) is 5.02 Å². The molecule has 0 saturated heterocycles. The zero-order valence-electron chi connectivity index (χ0n) is 16.7. The minimum Gasteiger partial charge on any atom is -0.276 e. The van der Waals surface area contributed by atoms with Crippen molar-refractivity contribution >= 4 is 38.5 Å². The highest BCUT2D eigenvalue weighted by molar-refractivity contribution is 7.92. The molecule has 0 aliphatic carbocycles. The molecule has 1 aromatic carbocycles. The molecule has 0 amide bonds. The first kappa shape index (κ1) is 20.3. The molecule has 0 aliphatic rings. The van der Waals surface area contributed by atoms with Gasteiger partial charge in [-0.05, 0) is 41.3 Å². The van der Waals surface area contributed by atoms with Gasteiger partial charge in [0.2, 0.25) is 0 Å². The van der Waals surface area contributed by atoms with E-state index in [0.717, 1.165) is 5.56 Å². The molecular weight excluding hydrogens is 422 g/mol. The highest BCUT2D eigenvalue weighted by atomic mass is 35.5. The third kappa shape index (κ3) is 3.88. The van der Waals surface area contributed by atoms with Crippen molar-refractivity contribution in [3.63, 3.8) is 0 Å². The van der Waals surface area contributed by atoms with Crippen LogP contribution in [0.5, 0.6) is 0 Å². The lowest BCUT2D eigenvalue weighted by molar-refractivity contribution is 0.587. The van der Waals surface area contributed by atoms with E-state index in [1.165, 1.54) is 12.3 Å². The van der Waals surface area contributed by atoms with E-state index < -0.39 is 10.0 Å². The summed E-state index contributed by atoms with van der Waals surface area (Å²) in [5.74, 6) is 0.329. The van der Waals surface area contributed by atoms with Crippen LogP contribution in [0.25, 0.3) is 17.0 Å². The number of aromatic nitrogens is 4. The monoisotopic (exact) mass is 441 g/mol. The SMILES string of the molecule is CC(C)(C)c1ccc(S(=O)(=O)Nc2cc(Cl)cnc2-n2cnc3cccnc32)cc1. The molecule has 0 aliphatic heterocycles. The lowest BCUT2D eigenvalue weighted by Gasteiger charge is -2.19. The second kappa shape index (κ2) is 7.37. The van der Waals surface area contributed by atoms with Gasteiger partial charge in [-0.3, -0.25) is 9.29 Å². The summed E-state index contributed by atoms with van der Waals surface area (Å²) >= 11 is 6.10. The summed E-state index contributed by atoms with van der Waals surface area (Å²) in [6.45, 7) is 6.21. The van der Waals surface area contributed by atoms with E-state index in [1.807, 2.05) is 18.2 Å². The van der Waals surface area contributed by atoms with Gasteiger partial charge in [0, 0.05) is 12.4 Å². The maximum Gasteiger partial charge on any atom is 0.262 e. The van der Waals surface area contributed by atoms with Gasteiger partial charge in [0.05, 0.1) is 15.6 Å². The van der Waals surface area contributed by atoms with Gasteiger partial charge in [0.1, 0.15) is 11.8 Å². The van der Waals surface area contributed by atoms with Crippen molar-refractivity contribution in [2.45, 2.75) is 31.1 Å². The van der Waals surface area contributed by atoms with Gasteiger partial charge in [-0.25, -0.2) is 23.4 Å². The van der Waals surface area contributed by atoms with Gasteiger partial charge in [-0.15, -0.1) is 0 Å². The predicted molar refractivity (Wildman–Crippen MR) is 118 cm³/mol. The molecule has 7 nitrogen and oxygen atoms in total. The van der Waals surface area contributed by atoms with E-state index in [9.17, 15) is 8.42 Å². The first-order chi connectivity index (χ1) is 14.1. The van der Waals surface area contributed by atoms with Crippen LogP contribution in [0.15, 0.2) is 66.1 Å². The van der Waals surface area contributed by atoms with E-state index >= 15 is 0 Å². The van der Waals surface area contributed by atoms with Crippen molar-refractivity contribution in [3.8, 4) is 5.82 Å². The summed E-state index contributed by atoms with van der Waals surface area (Å²) in [6.07, 6.45) is 4.63. The van der Waals surface area contributed by atoms with Crippen molar-refractivity contribution in [3.05, 3.63) is 71.8 Å². The first-order valence-corrected chi connectivity index (χ1v) is 11.1. The molecule has 0 atom stereocenters. The Kier molecular flexibility index (Phi) is 4.99. The number of pyridine rings is 2. The largest absolute Gasteiger partial charge is 0.276 e. The van der Waals surface area contributed by atoms with Crippen molar-refractivity contribution in [2.75, 3.05) is 4.72 Å². The van der Waals surface area contributed by atoms with Crippen LogP contribution in [0.4, 0.5) is 5.69 Å². The van der Waals surface area contributed by atoms with Gasteiger partial charge in [-0.2, -0.15) is 0 Å². The van der Waals surface area contributed by atoms with Crippen LogP contribution in [0.3, 0.4) is 0 Å². The van der Waals surface area contributed by atoms with Gasteiger partial charge < -0.3 is 0 Å². The van der Waals surface area contributed by atoms with E-state index in [1.54, 1.807) is 35.3 Å². The second-order valence-electron chi connectivity index (χ2n) is 7.87. The number of imidazole rings is 1. The standard InChI is InChI=1S/C21H20ClN5O2S/c1-21(2,3)14-6-8-16(9-7-14)30(28,29)26-18-11-15(22)12-24-20(18)27-13-25-17-5-4-10-23-19(17)27/h4-13,26H,1-3H3. The van der Waals surface area contributed by atoms with Crippen LogP contribution < -0.4 is 4.72 Å². The molecule has 30 heavy (non-hydrogen) atoms. The molecule has 0 saturated carbocycles. The molecule has 0 spiro atoms. The quantitative estimate of drug-likeness (QED) is 0.501. The normalized spacial score (nSPS) is 12.3. The highest BCUT2D eigenvalue weighted by Crippen LogP contribution is 2.28. The Hall–Kier alpha value is -2.97. The maximum absolute atomic E-state index is 13.0. The van der Waals surface area contributed by atoms with Crippen molar-refractivity contribution < 1.29 is 8.42 Å². The number of nitrogens with one attached hydrogen (secondary N) is 1. The van der Waals surface area contributed by atoms with Gasteiger partial charge in [0.25, 0.3) is 10.0 Å². The fourth-order valence-corrected chi connectivity index (χ4v) is 4.25. The Morgan fingerprint density at radius 1 is 1.03 bits per heavy atom. The number of benzene rings is 1. The Morgan fingerprint density at radius 3 is 2.47 bits per heavy atom. The number of sulfonamides is 1. The van der Waals surface area contributed by atoms with Crippen LogP contribution in [-0.4, -0.2) is 27.9 Å². The molecule has 9 heteroatoms. The Bertz CT molecular complexity index is 1330. The van der Waals surface area contributed by atoms with E-state index in [2.05, 4.69) is 40.4 Å². The maximum atomic E-state index is 13.0. The summed E-state index contributed by atoms with van der Waals surface area (Å²) in [6, 6.07) is 11.9. The number of rotatable bonds is 4. The third-order valence-corrected chi connectivity index (χ3v) is 6.23. The summed E-state index contributed by atoms with van der Waals surface area (Å²) in [7, 11) is -3.86. The molecule has 3 heterocycles. The molecule has 3 aromatic heterocycles. The minimum absolute atomic E-state index is 0.0742. The Balaban J connectivity index is 1.75. The van der Waals surface area contributed by atoms with E-state index in [-0.39, 0.29) is 16.0 Å². The lowest BCUT2D eigenvalue weighted by atomic mass is 9.87. The van der Waals surface area contributed by atoms with Crippen LogP contribution in [0, 0.1) is 0 Å². The number of hydrogen-bond acceptors (Lipinski definition) is 5. The molecule has 0 bridgehead atoms. The number of fused-ring (bicyclic) bond motifs is 1. The Morgan fingerprint density at radius 2 is 1.77 bits per heavy atom. The number of hydrogen-bond donors (Lipinski definition) is 1. The molecule has 0 fully saturated rings. The van der Waals surface area contributed by atoms with Crippen LogP contribution in [-0.2, 0) is 15.4 Å². The summed E-state index contributed by atoms with van der Waals surface area (Å²) in [5, 5.41) is 0.303. The summed E-state index contributed by atoms with van der Waals surface area (Å²) in [4.78, 5) is 13.1. The zero-order valence-corrected chi connectivity index (χ0v) is 18.2. The predicted octanol–water partition coefficient (Wildman–Crippen LogP) is 4.57. The molecule has 154 valence electrons. The highest BCUT2D eigenvalue weighted by Gasteiger charge is 2.21. The smallest absolute Gasteiger partial charge is 0.262 e. The Labute approximate surface area is 179 Å². The zero-order chi connectivity index (χ0) is 21.5. The van der Waals surface area contributed by atoms with Crippen LogP contribution in [0.1, 0.15) is 26.3 Å². The molecule has 4 rings (SSSR count). The molecular formula is C21H20ClN5O2S. The fraction of sp³-hybridized carbons (Fsp3) is 0.190. The number of anilines is 1. The van der Waals surface area contributed by atoms with Crippen molar-refractivity contribution in [1.82, 2.24) is 19.5 Å². The van der Waals surface area contributed by atoms with Crippen molar-refractivity contribution in [1.29, 1.82) is 0 Å². The molecule has 4 aromatic rings. The number of halogens is 1. The lowest BCUT2D eigenvalue weighted by Crippen LogP contribution is -2.16.